The van der Waals surface area contributed by atoms with Gasteiger partial charge in [-0.1, -0.05) is 252 Å². The van der Waals surface area contributed by atoms with Crippen LogP contribution in [-0.4, -0.2) is 37.2 Å². The fraction of sp³-hybridized carbons (Fsp3) is 0.942. The van der Waals surface area contributed by atoms with E-state index in [0.717, 1.165) is 63.7 Å². The van der Waals surface area contributed by atoms with Gasteiger partial charge in [0.15, 0.2) is 6.10 Å². The highest BCUT2D eigenvalue weighted by Gasteiger charge is 2.19. The molecule has 0 aromatic heterocycles. The van der Waals surface area contributed by atoms with E-state index in [1.54, 1.807) is 0 Å². The lowest BCUT2D eigenvalue weighted by Crippen LogP contribution is -2.30. The molecule has 0 bridgehead atoms. The van der Waals surface area contributed by atoms with Crippen LogP contribution in [0.15, 0.2) is 0 Å². The van der Waals surface area contributed by atoms with E-state index in [0.29, 0.717) is 19.3 Å². The molecule has 0 aliphatic heterocycles. The average molecular weight is 821 g/mol. The first-order chi connectivity index (χ1) is 28.4. The Morgan fingerprint density at radius 1 is 0.328 bits per heavy atom. The number of carbonyl (C=O) groups excluding carboxylic acids is 3. The number of unbranched alkanes of at least 4 members (excludes halogenated alkanes) is 34. The highest BCUT2D eigenvalue weighted by Crippen LogP contribution is 2.17. The Balaban J connectivity index is 4.21. The monoisotopic (exact) mass is 821 g/mol. The van der Waals surface area contributed by atoms with Crippen molar-refractivity contribution in [2.24, 2.45) is 5.92 Å². The molecule has 0 aromatic carbocycles. The van der Waals surface area contributed by atoms with Crippen molar-refractivity contribution in [1.82, 2.24) is 0 Å². The standard InChI is InChI=1S/C52H100O6/c1-5-7-9-11-13-15-16-17-18-19-20-21-22-23-24-28-32-36-40-44-51(54)57-47-49(46-56-50(53)43-39-35-31-26-14-12-10-8-6-2)58-52(55)45-41-37-33-29-25-27-30-34-38-42-48(3)4/h48-49H,5-47H2,1-4H3/t49-/m0/s1. The van der Waals surface area contributed by atoms with E-state index in [9.17, 15) is 14.4 Å². The van der Waals surface area contributed by atoms with Gasteiger partial charge in [-0.2, -0.15) is 0 Å². The summed E-state index contributed by atoms with van der Waals surface area (Å²) in [7, 11) is 0. The van der Waals surface area contributed by atoms with Gasteiger partial charge in [0, 0.05) is 19.3 Å². The van der Waals surface area contributed by atoms with Gasteiger partial charge in [-0.15, -0.1) is 0 Å². The molecule has 0 aliphatic rings. The molecule has 58 heavy (non-hydrogen) atoms. The van der Waals surface area contributed by atoms with E-state index in [2.05, 4.69) is 27.7 Å². The van der Waals surface area contributed by atoms with Gasteiger partial charge in [-0.05, 0) is 25.2 Å². The summed E-state index contributed by atoms with van der Waals surface area (Å²) in [5.74, 6) is -0.0437. The third kappa shape index (κ3) is 45.5. The predicted molar refractivity (Wildman–Crippen MR) is 247 cm³/mol. The molecule has 0 heterocycles. The van der Waals surface area contributed by atoms with Gasteiger partial charge in [-0.25, -0.2) is 0 Å². The zero-order valence-corrected chi connectivity index (χ0v) is 39.5. The van der Waals surface area contributed by atoms with Gasteiger partial charge in [-0.3, -0.25) is 14.4 Å². The van der Waals surface area contributed by atoms with Crippen molar-refractivity contribution < 1.29 is 28.6 Å². The molecule has 1 atom stereocenters. The topological polar surface area (TPSA) is 78.9 Å². The molecule has 0 amide bonds. The molecule has 0 fully saturated rings. The fourth-order valence-electron chi connectivity index (χ4n) is 7.86. The van der Waals surface area contributed by atoms with Crippen molar-refractivity contribution in [1.29, 1.82) is 0 Å². The molecular weight excluding hydrogens is 721 g/mol. The van der Waals surface area contributed by atoms with E-state index in [1.165, 1.54) is 186 Å². The van der Waals surface area contributed by atoms with Crippen LogP contribution in [0.5, 0.6) is 0 Å². The van der Waals surface area contributed by atoms with Crippen molar-refractivity contribution in [3.05, 3.63) is 0 Å². The van der Waals surface area contributed by atoms with Crippen LogP contribution in [0.1, 0.15) is 291 Å². The summed E-state index contributed by atoms with van der Waals surface area (Å²) >= 11 is 0. The lowest BCUT2D eigenvalue weighted by Gasteiger charge is -2.18. The van der Waals surface area contributed by atoms with E-state index in [1.807, 2.05) is 0 Å². The zero-order chi connectivity index (χ0) is 42.4. The SMILES string of the molecule is CCCCCCCCCCCCCCCCCCCCCC(=O)OC[C@H](COC(=O)CCCCCCCCCCC)OC(=O)CCCCCCCCCCCC(C)C. The molecule has 344 valence electrons. The third-order valence-electron chi connectivity index (χ3n) is 11.8. The molecule has 0 radical (unpaired) electrons. The lowest BCUT2D eigenvalue weighted by atomic mass is 10.0. The Morgan fingerprint density at radius 2 is 0.569 bits per heavy atom. The van der Waals surface area contributed by atoms with Crippen molar-refractivity contribution >= 4 is 17.9 Å². The molecule has 0 aliphatic carbocycles. The summed E-state index contributed by atoms with van der Waals surface area (Å²) in [6.45, 7) is 8.99. The number of carbonyl (C=O) groups is 3. The highest BCUT2D eigenvalue weighted by atomic mass is 16.6. The van der Waals surface area contributed by atoms with E-state index >= 15 is 0 Å². The third-order valence-corrected chi connectivity index (χ3v) is 11.8. The maximum absolute atomic E-state index is 12.7. The van der Waals surface area contributed by atoms with Gasteiger partial charge in [0.2, 0.25) is 0 Å². The van der Waals surface area contributed by atoms with Crippen molar-refractivity contribution in [3.63, 3.8) is 0 Å². The van der Waals surface area contributed by atoms with Crippen LogP contribution < -0.4 is 0 Å². The second-order valence-electron chi connectivity index (χ2n) is 18.3. The summed E-state index contributed by atoms with van der Waals surface area (Å²) in [4.78, 5) is 37.8. The highest BCUT2D eigenvalue weighted by molar-refractivity contribution is 5.71. The Hall–Kier alpha value is -1.59. The molecule has 0 N–H and O–H groups in total. The molecule has 0 saturated heterocycles. The van der Waals surface area contributed by atoms with Crippen LogP contribution in [0.4, 0.5) is 0 Å². The summed E-state index contributed by atoms with van der Waals surface area (Å²) in [6.07, 6.45) is 48.1. The van der Waals surface area contributed by atoms with Crippen LogP contribution >= 0.6 is 0 Å². The Bertz CT molecular complexity index is 872. The average Bonchev–Trinajstić information content (AvgIpc) is 3.21. The van der Waals surface area contributed by atoms with Crippen molar-refractivity contribution in [3.8, 4) is 0 Å². The van der Waals surface area contributed by atoms with Gasteiger partial charge in [0.25, 0.3) is 0 Å². The number of hydrogen-bond donors (Lipinski definition) is 0. The van der Waals surface area contributed by atoms with Crippen LogP contribution in [0, 0.1) is 5.92 Å². The first kappa shape index (κ1) is 56.4. The van der Waals surface area contributed by atoms with Gasteiger partial charge in [0.05, 0.1) is 0 Å². The summed E-state index contributed by atoms with van der Waals surface area (Å²) in [6, 6.07) is 0. The number of rotatable bonds is 47. The van der Waals surface area contributed by atoms with Crippen LogP contribution in [0.25, 0.3) is 0 Å². The number of ether oxygens (including phenoxy) is 3. The molecule has 0 rings (SSSR count). The van der Waals surface area contributed by atoms with Crippen molar-refractivity contribution in [2.45, 2.75) is 297 Å². The lowest BCUT2D eigenvalue weighted by molar-refractivity contribution is -0.167. The first-order valence-corrected chi connectivity index (χ1v) is 25.9. The first-order valence-electron chi connectivity index (χ1n) is 25.9. The molecule has 0 saturated carbocycles. The van der Waals surface area contributed by atoms with Crippen LogP contribution in [-0.2, 0) is 28.6 Å². The maximum Gasteiger partial charge on any atom is 0.306 e. The normalized spacial score (nSPS) is 11.9. The minimum atomic E-state index is -0.760. The second kappa shape index (κ2) is 46.5. The molecule has 6 heteroatoms. The van der Waals surface area contributed by atoms with Crippen LogP contribution in [0.3, 0.4) is 0 Å². The minimum absolute atomic E-state index is 0.0633. The minimum Gasteiger partial charge on any atom is -0.462 e. The van der Waals surface area contributed by atoms with E-state index < -0.39 is 6.10 Å². The number of hydrogen-bond acceptors (Lipinski definition) is 6. The maximum atomic E-state index is 12.7. The molecule has 0 spiro atoms. The Morgan fingerprint density at radius 3 is 0.845 bits per heavy atom. The van der Waals surface area contributed by atoms with Gasteiger partial charge >= 0.3 is 17.9 Å². The Kier molecular flexibility index (Phi) is 45.2. The van der Waals surface area contributed by atoms with E-state index in [4.69, 9.17) is 14.2 Å². The molecular formula is C52H100O6. The van der Waals surface area contributed by atoms with Crippen molar-refractivity contribution in [2.75, 3.05) is 13.2 Å². The molecule has 0 aromatic rings. The number of esters is 3. The largest absolute Gasteiger partial charge is 0.462 e. The predicted octanol–water partition coefficient (Wildman–Crippen LogP) is 16.7. The van der Waals surface area contributed by atoms with E-state index in [-0.39, 0.29) is 31.1 Å². The summed E-state index contributed by atoms with van der Waals surface area (Å²) in [5, 5.41) is 0. The zero-order valence-electron chi connectivity index (χ0n) is 39.5. The quantitative estimate of drug-likeness (QED) is 0.0346. The Labute approximate surface area is 361 Å². The van der Waals surface area contributed by atoms with Gasteiger partial charge < -0.3 is 14.2 Å². The molecule has 6 nitrogen and oxygen atoms in total. The van der Waals surface area contributed by atoms with Gasteiger partial charge in [0.1, 0.15) is 13.2 Å². The molecule has 0 unspecified atom stereocenters. The fourth-order valence-corrected chi connectivity index (χ4v) is 7.86. The summed E-state index contributed by atoms with van der Waals surface area (Å²) < 4.78 is 16.8. The second-order valence-corrected chi connectivity index (χ2v) is 18.3. The summed E-state index contributed by atoms with van der Waals surface area (Å²) in [5.41, 5.74) is 0. The smallest absolute Gasteiger partial charge is 0.306 e. The van der Waals surface area contributed by atoms with Crippen LogP contribution in [0.2, 0.25) is 0 Å².